The summed E-state index contributed by atoms with van der Waals surface area (Å²) in [5.74, 6) is -2.93. The third-order valence-corrected chi connectivity index (χ3v) is 4.20. The van der Waals surface area contributed by atoms with E-state index in [0.29, 0.717) is 13.2 Å². The molecule has 2 fully saturated rings. The van der Waals surface area contributed by atoms with Crippen molar-refractivity contribution < 1.29 is 23.0 Å². The number of carbonyl (C=O) groups excluding carboxylic acids is 1. The van der Waals surface area contributed by atoms with Crippen molar-refractivity contribution >= 4 is 5.91 Å². The highest BCUT2D eigenvalue weighted by atomic mass is 19.2. The lowest BCUT2D eigenvalue weighted by atomic mass is 9.94. The second kappa shape index (κ2) is 6.30. The van der Waals surface area contributed by atoms with Gasteiger partial charge in [0.25, 0.3) is 5.91 Å². The predicted molar refractivity (Wildman–Crippen MR) is 75.3 cm³/mol. The summed E-state index contributed by atoms with van der Waals surface area (Å²) in [4.78, 5) is 11.9. The Kier molecular flexibility index (Phi) is 4.40. The SMILES string of the molecule is O=C(NC[C@@H]1COC2(CCCCC2)O1)c1ccc(F)c(F)c1. The first-order valence-electron chi connectivity index (χ1n) is 7.63. The minimum Gasteiger partial charge on any atom is -0.349 e. The van der Waals surface area contributed by atoms with Gasteiger partial charge in [-0.3, -0.25) is 4.79 Å². The average molecular weight is 311 g/mol. The maximum absolute atomic E-state index is 13.1. The lowest BCUT2D eigenvalue weighted by Crippen LogP contribution is -2.37. The molecule has 1 aromatic carbocycles. The van der Waals surface area contributed by atoms with Gasteiger partial charge in [0.2, 0.25) is 0 Å². The van der Waals surface area contributed by atoms with E-state index in [-0.39, 0.29) is 11.7 Å². The largest absolute Gasteiger partial charge is 0.349 e. The Hall–Kier alpha value is -1.53. The third-order valence-electron chi connectivity index (χ3n) is 4.20. The van der Waals surface area contributed by atoms with Gasteiger partial charge >= 0.3 is 0 Å². The van der Waals surface area contributed by atoms with Gasteiger partial charge in [0.05, 0.1) is 6.61 Å². The van der Waals surface area contributed by atoms with Gasteiger partial charge in [-0.05, 0) is 31.0 Å². The lowest BCUT2D eigenvalue weighted by molar-refractivity contribution is -0.186. The second-order valence-electron chi connectivity index (χ2n) is 5.86. The van der Waals surface area contributed by atoms with Crippen LogP contribution in [0.3, 0.4) is 0 Å². The molecule has 22 heavy (non-hydrogen) atoms. The quantitative estimate of drug-likeness (QED) is 0.934. The second-order valence-corrected chi connectivity index (χ2v) is 5.86. The molecule has 6 heteroatoms. The number of hydrogen-bond donors (Lipinski definition) is 1. The van der Waals surface area contributed by atoms with Crippen molar-refractivity contribution in [3.8, 4) is 0 Å². The normalized spacial score (nSPS) is 23.6. The molecule has 3 rings (SSSR count). The number of halogens is 2. The van der Waals surface area contributed by atoms with Gasteiger partial charge in [0.15, 0.2) is 17.4 Å². The minimum atomic E-state index is -1.03. The molecule has 1 amide bonds. The molecule has 1 aliphatic carbocycles. The summed E-state index contributed by atoms with van der Waals surface area (Å²) in [5.41, 5.74) is 0.0881. The number of benzene rings is 1. The van der Waals surface area contributed by atoms with Gasteiger partial charge in [0.1, 0.15) is 6.10 Å². The fraction of sp³-hybridized carbons (Fsp3) is 0.562. The Labute approximate surface area is 127 Å². The van der Waals surface area contributed by atoms with E-state index in [1.54, 1.807) is 0 Å². The zero-order chi connectivity index (χ0) is 15.6. The fourth-order valence-electron chi connectivity index (χ4n) is 3.02. The zero-order valence-electron chi connectivity index (χ0n) is 12.2. The Morgan fingerprint density at radius 3 is 2.73 bits per heavy atom. The average Bonchev–Trinajstić information content (AvgIpc) is 2.91. The van der Waals surface area contributed by atoms with Crippen LogP contribution in [0, 0.1) is 11.6 Å². The number of rotatable bonds is 3. The van der Waals surface area contributed by atoms with E-state index >= 15 is 0 Å². The molecule has 1 spiro atoms. The van der Waals surface area contributed by atoms with Crippen molar-refractivity contribution in [3.63, 3.8) is 0 Å². The van der Waals surface area contributed by atoms with E-state index in [2.05, 4.69) is 5.32 Å². The Balaban J connectivity index is 1.52. The Morgan fingerprint density at radius 1 is 1.23 bits per heavy atom. The topological polar surface area (TPSA) is 47.6 Å². The van der Waals surface area contributed by atoms with Crippen molar-refractivity contribution in [3.05, 3.63) is 35.4 Å². The van der Waals surface area contributed by atoms with Crippen molar-refractivity contribution in [1.29, 1.82) is 0 Å². The van der Waals surface area contributed by atoms with Gasteiger partial charge in [-0.15, -0.1) is 0 Å². The molecule has 1 saturated carbocycles. The van der Waals surface area contributed by atoms with Crippen LogP contribution in [0.2, 0.25) is 0 Å². The van der Waals surface area contributed by atoms with Crippen LogP contribution >= 0.6 is 0 Å². The smallest absolute Gasteiger partial charge is 0.251 e. The summed E-state index contributed by atoms with van der Waals surface area (Å²) in [6.45, 7) is 0.734. The number of ether oxygens (including phenoxy) is 2. The van der Waals surface area contributed by atoms with Gasteiger partial charge in [-0.25, -0.2) is 8.78 Å². The molecule has 1 heterocycles. The lowest BCUT2D eigenvalue weighted by Gasteiger charge is -2.31. The molecule has 1 saturated heterocycles. The molecule has 4 nitrogen and oxygen atoms in total. The maximum atomic E-state index is 13.1. The zero-order valence-corrected chi connectivity index (χ0v) is 12.2. The molecule has 120 valence electrons. The summed E-state index contributed by atoms with van der Waals surface area (Å²) in [5, 5.41) is 2.68. The molecule has 1 aliphatic heterocycles. The molecule has 2 aliphatic rings. The molecule has 0 unspecified atom stereocenters. The number of hydrogen-bond acceptors (Lipinski definition) is 3. The first-order valence-corrected chi connectivity index (χ1v) is 7.63. The standard InChI is InChI=1S/C16H19F2NO3/c17-13-5-4-11(8-14(13)18)15(20)19-9-12-10-21-16(22-12)6-2-1-3-7-16/h4-5,8,12H,1-3,6-7,9-10H2,(H,19,20)/t12-/m1/s1. The van der Waals surface area contributed by atoms with Crippen molar-refractivity contribution in [2.45, 2.75) is 44.0 Å². The summed E-state index contributed by atoms with van der Waals surface area (Å²) in [6, 6.07) is 3.08. The van der Waals surface area contributed by atoms with Crippen LogP contribution in [0.5, 0.6) is 0 Å². The molecule has 1 aromatic rings. The first kappa shape index (κ1) is 15.4. The molecule has 0 radical (unpaired) electrons. The molecule has 0 aromatic heterocycles. The third kappa shape index (κ3) is 3.28. The summed E-state index contributed by atoms with van der Waals surface area (Å²) >= 11 is 0. The van der Waals surface area contributed by atoms with E-state index in [9.17, 15) is 13.6 Å². The van der Waals surface area contributed by atoms with Gasteiger partial charge in [-0.2, -0.15) is 0 Å². The van der Waals surface area contributed by atoms with E-state index < -0.39 is 23.3 Å². The summed E-state index contributed by atoms with van der Waals surface area (Å²) in [7, 11) is 0. The summed E-state index contributed by atoms with van der Waals surface area (Å²) in [6.07, 6.45) is 4.96. The van der Waals surface area contributed by atoms with Crippen LogP contribution in [-0.4, -0.2) is 30.9 Å². The highest BCUT2D eigenvalue weighted by Gasteiger charge is 2.42. The van der Waals surface area contributed by atoms with Crippen molar-refractivity contribution in [2.75, 3.05) is 13.2 Å². The number of amides is 1. The van der Waals surface area contributed by atoms with E-state index in [1.807, 2.05) is 0 Å². The van der Waals surface area contributed by atoms with Crippen LogP contribution in [0.1, 0.15) is 42.5 Å². The van der Waals surface area contributed by atoms with Gasteiger partial charge < -0.3 is 14.8 Å². The van der Waals surface area contributed by atoms with Gasteiger partial charge in [0, 0.05) is 24.9 Å². The van der Waals surface area contributed by atoms with Crippen molar-refractivity contribution in [1.82, 2.24) is 5.32 Å². The van der Waals surface area contributed by atoms with Crippen LogP contribution in [0.15, 0.2) is 18.2 Å². The minimum absolute atomic E-state index is 0.0881. The molecular formula is C16H19F2NO3. The van der Waals surface area contributed by atoms with Gasteiger partial charge in [-0.1, -0.05) is 6.42 Å². The van der Waals surface area contributed by atoms with E-state index in [4.69, 9.17) is 9.47 Å². The summed E-state index contributed by atoms with van der Waals surface area (Å²) < 4.78 is 37.7. The van der Waals surface area contributed by atoms with E-state index in [1.165, 1.54) is 12.5 Å². The number of nitrogens with one attached hydrogen (secondary N) is 1. The van der Waals surface area contributed by atoms with Crippen molar-refractivity contribution in [2.24, 2.45) is 0 Å². The van der Waals surface area contributed by atoms with Crippen LogP contribution in [0.4, 0.5) is 8.78 Å². The van der Waals surface area contributed by atoms with Crippen LogP contribution in [0.25, 0.3) is 0 Å². The molecule has 1 atom stereocenters. The Morgan fingerprint density at radius 2 is 2.00 bits per heavy atom. The molecule has 0 bridgehead atoms. The maximum Gasteiger partial charge on any atom is 0.251 e. The van der Waals surface area contributed by atoms with E-state index in [0.717, 1.165) is 37.8 Å². The Bertz CT molecular complexity index is 558. The monoisotopic (exact) mass is 311 g/mol. The highest BCUT2D eigenvalue weighted by molar-refractivity contribution is 5.94. The molecular weight excluding hydrogens is 292 g/mol. The molecule has 1 N–H and O–H groups in total. The van der Waals surface area contributed by atoms with Crippen LogP contribution in [-0.2, 0) is 9.47 Å². The fourth-order valence-corrected chi connectivity index (χ4v) is 3.02. The van der Waals surface area contributed by atoms with Crippen LogP contribution < -0.4 is 5.32 Å². The number of carbonyl (C=O) groups is 1. The first-order chi connectivity index (χ1) is 10.6. The predicted octanol–water partition coefficient (Wildman–Crippen LogP) is 2.77. The highest BCUT2D eigenvalue weighted by Crippen LogP contribution is 2.37.